The number of amides is 1. The first kappa shape index (κ1) is 21.1. The summed E-state index contributed by atoms with van der Waals surface area (Å²) < 4.78 is 5.71. The van der Waals surface area contributed by atoms with Gasteiger partial charge in [-0.15, -0.1) is 0 Å². The van der Waals surface area contributed by atoms with Crippen molar-refractivity contribution in [3.05, 3.63) is 29.6 Å². The number of pyridine rings is 1. The van der Waals surface area contributed by atoms with Gasteiger partial charge < -0.3 is 20.1 Å². The largest absolute Gasteiger partial charge is 0.490 e. The Bertz CT molecular complexity index is 1030. The molecule has 0 spiro atoms. The van der Waals surface area contributed by atoms with Crippen LogP contribution in [-0.4, -0.2) is 57.3 Å². The molecule has 4 aliphatic rings. The fraction of sp³-hybridized carbons (Fsp3) is 0.583. The van der Waals surface area contributed by atoms with Crippen LogP contribution in [0.2, 0.25) is 0 Å². The first-order chi connectivity index (χ1) is 15.2. The maximum absolute atomic E-state index is 12.7. The number of aliphatic hydroxyl groups is 1. The second kappa shape index (κ2) is 7.69. The molecule has 6 rings (SSSR count). The first-order valence-corrected chi connectivity index (χ1v) is 11.4. The molecule has 3 fully saturated rings. The van der Waals surface area contributed by atoms with Crippen LogP contribution in [-0.2, 0) is 17.6 Å². The van der Waals surface area contributed by atoms with Crippen molar-refractivity contribution in [1.29, 1.82) is 0 Å². The summed E-state index contributed by atoms with van der Waals surface area (Å²) in [6.07, 6.45) is 7.91. The lowest BCUT2D eigenvalue weighted by Gasteiger charge is -2.61. The number of hydrogen-bond donors (Lipinski definition) is 2. The van der Waals surface area contributed by atoms with Gasteiger partial charge in [0.25, 0.3) is 0 Å². The highest BCUT2D eigenvalue weighted by molar-refractivity contribution is 5.82. The Balaban J connectivity index is 1.36. The van der Waals surface area contributed by atoms with Crippen molar-refractivity contribution >= 4 is 11.7 Å². The molecule has 170 valence electrons. The van der Waals surface area contributed by atoms with Gasteiger partial charge in [-0.2, -0.15) is 0 Å². The number of likely N-dealkylation sites (N-methyl/N-ethyl adjacent to an activating group) is 1. The molecule has 2 heterocycles. The summed E-state index contributed by atoms with van der Waals surface area (Å²) in [6.45, 7) is 3.85. The fourth-order valence-corrected chi connectivity index (χ4v) is 4.98. The maximum Gasteiger partial charge on any atom is 0.239 e. The molecule has 2 bridgehead atoms. The van der Waals surface area contributed by atoms with E-state index in [9.17, 15) is 9.90 Å². The standard InChI is InChI=1S/C24H31N5O3/c1-23(2,31)14-32-16-7-8-25-19(9-16)21-26-18-6-4-5-17(18)22(27-21)29(3)13-20(30)28-24-10-15(11-24)12-24/h7-9,15,31H,4-6,10-14H2,1-3H3,(H,28,30). The van der Waals surface area contributed by atoms with E-state index in [0.717, 1.165) is 61.5 Å². The Morgan fingerprint density at radius 3 is 2.78 bits per heavy atom. The summed E-state index contributed by atoms with van der Waals surface area (Å²) in [4.78, 5) is 28.7. The summed E-state index contributed by atoms with van der Waals surface area (Å²) >= 11 is 0. The topological polar surface area (TPSA) is 100 Å². The Morgan fingerprint density at radius 2 is 2.09 bits per heavy atom. The van der Waals surface area contributed by atoms with Crippen LogP contribution < -0.4 is 15.0 Å². The molecule has 8 heteroatoms. The number of aromatic nitrogens is 3. The van der Waals surface area contributed by atoms with Gasteiger partial charge >= 0.3 is 0 Å². The van der Waals surface area contributed by atoms with Crippen molar-refractivity contribution in [1.82, 2.24) is 20.3 Å². The van der Waals surface area contributed by atoms with Gasteiger partial charge in [-0.05, 0) is 64.4 Å². The zero-order chi connectivity index (χ0) is 22.5. The molecule has 0 aliphatic heterocycles. The lowest BCUT2D eigenvalue weighted by molar-refractivity contribution is -0.131. The minimum atomic E-state index is -0.927. The number of carbonyl (C=O) groups is 1. The molecule has 0 unspecified atom stereocenters. The minimum absolute atomic E-state index is 0.0534. The van der Waals surface area contributed by atoms with E-state index >= 15 is 0 Å². The van der Waals surface area contributed by atoms with E-state index in [0.29, 0.717) is 17.3 Å². The number of hydrogen-bond acceptors (Lipinski definition) is 7. The van der Waals surface area contributed by atoms with Crippen molar-refractivity contribution in [2.24, 2.45) is 5.92 Å². The van der Waals surface area contributed by atoms with E-state index in [-0.39, 0.29) is 24.6 Å². The van der Waals surface area contributed by atoms with Crippen molar-refractivity contribution < 1.29 is 14.6 Å². The third-order valence-electron chi connectivity index (χ3n) is 6.65. The van der Waals surface area contributed by atoms with Gasteiger partial charge in [0.15, 0.2) is 5.82 Å². The number of ether oxygens (including phenoxy) is 1. The van der Waals surface area contributed by atoms with Crippen LogP contribution in [0, 0.1) is 5.92 Å². The van der Waals surface area contributed by atoms with Gasteiger partial charge in [-0.25, -0.2) is 9.97 Å². The zero-order valence-corrected chi connectivity index (χ0v) is 19.0. The second-order valence-corrected chi connectivity index (χ2v) is 10.3. The van der Waals surface area contributed by atoms with Gasteiger partial charge in [0, 0.05) is 36.1 Å². The first-order valence-electron chi connectivity index (χ1n) is 11.4. The van der Waals surface area contributed by atoms with Gasteiger partial charge in [0.1, 0.15) is 23.9 Å². The highest BCUT2D eigenvalue weighted by Gasteiger charge is 2.57. The fourth-order valence-electron chi connectivity index (χ4n) is 4.98. The average molecular weight is 438 g/mol. The van der Waals surface area contributed by atoms with Gasteiger partial charge in [0.2, 0.25) is 5.91 Å². The maximum atomic E-state index is 12.7. The van der Waals surface area contributed by atoms with Crippen molar-refractivity contribution in [2.45, 2.75) is 63.5 Å². The predicted octanol–water partition coefficient (Wildman–Crippen LogP) is 2.28. The normalized spacial score (nSPS) is 23.1. The van der Waals surface area contributed by atoms with Crippen LogP contribution in [0.15, 0.2) is 18.3 Å². The van der Waals surface area contributed by atoms with Crippen LogP contribution in [0.25, 0.3) is 11.5 Å². The van der Waals surface area contributed by atoms with E-state index < -0.39 is 5.60 Å². The smallest absolute Gasteiger partial charge is 0.239 e. The number of rotatable bonds is 8. The van der Waals surface area contributed by atoms with E-state index in [1.54, 1.807) is 32.2 Å². The molecule has 3 saturated carbocycles. The summed E-state index contributed by atoms with van der Waals surface area (Å²) in [6, 6.07) is 3.55. The Morgan fingerprint density at radius 1 is 1.31 bits per heavy atom. The molecule has 0 radical (unpaired) electrons. The van der Waals surface area contributed by atoms with Crippen molar-refractivity contribution in [3.8, 4) is 17.3 Å². The molecule has 0 atom stereocenters. The number of nitrogens with zero attached hydrogens (tertiary/aromatic N) is 4. The molecule has 1 amide bonds. The van der Waals surface area contributed by atoms with Gasteiger partial charge in [-0.3, -0.25) is 9.78 Å². The molecule has 0 aromatic carbocycles. The Labute approximate surface area is 188 Å². The summed E-state index contributed by atoms with van der Waals surface area (Å²) in [5.74, 6) is 2.82. The van der Waals surface area contributed by atoms with Crippen LogP contribution in [0.3, 0.4) is 0 Å². The number of carbonyl (C=O) groups excluding carboxylic acids is 1. The van der Waals surface area contributed by atoms with E-state index in [2.05, 4.69) is 10.3 Å². The second-order valence-electron chi connectivity index (χ2n) is 10.3. The number of fused-ring (bicyclic) bond motifs is 1. The van der Waals surface area contributed by atoms with Crippen LogP contribution in [0.5, 0.6) is 5.75 Å². The SMILES string of the molecule is CN(CC(=O)NC12CC(C1)C2)c1nc(-c2cc(OCC(C)(C)O)ccn2)nc2c1CCC2. The number of nitrogens with one attached hydrogen (secondary N) is 1. The Hall–Kier alpha value is -2.74. The lowest BCUT2D eigenvalue weighted by atomic mass is 9.50. The predicted molar refractivity (Wildman–Crippen MR) is 121 cm³/mol. The number of anilines is 1. The molecule has 2 aromatic heterocycles. The van der Waals surface area contributed by atoms with Crippen LogP contribution >= 0.6 is 0 Å². The minimum Gasteiger partial charge on any atom is -0.490 e. The summed E-state index contributed by atoms with van der Waals surface area (Å²) in [7, 11) is 1.92. The van der Waals surface area contributed by atoms with E-state index in [4.69, 9.17) is 14.7 Å². The highest BCUT2D eigenvalue weighted by Crippen LogP contribution is 2.56. The highest BCUT2D eigenvalue weighted by atomic mass is 16.5. The third kappa shape index (κ3) is 4.16. The Kier molecular flexibility index (Phi) is 5.08. The molecular formula is C24H31N5O3. The monoisotopic (exact) mass is 437 g/mol. The van der Waals surface area contributed by atoms with Crippen molar-refractivity contribution in [3.63, 3.8) is 0 Å². The molecule has 32 heavy (non-hydrogen) atoms. The van der Waals surface area contributed by atoms with Crippen LogP contribution in [0.1, 0.15) is 50.8 Å². The van der Waals surface area contributed by atoms with Gasteiger partial charge in [-0.1, -0.05) is 0 Å². The van der Waals surface area contributed by atoms with E-state index in [1.807, 2.05) is 11.9 Å². The lowest BCUT2D eigenvalue weighted by Crippen LogP contribution is -2.68. The molecule has 2 N–H and O–H groups in total. The van der Waals surface area contributed by atoms with Crippen molar-refractivity contribution in [2.75, 3.05) is 25.1 Å². The van der Waals surface area contributed by atoms with Gasteiger partial charge in [0.05, 0.1) is 12.1 Å². The zero-order valence-electron chi connectivity index (χ0n) is 19.0. The summed E-state index contributed by atoms with van der Waals surface area (Å²) in [5, 5.41) is 13.2. The molecular weight excluding hydrogens is 406 g/mol. The molecule has 8 nitrogen and oxygen atoms in total. The summed E-state index contributed by atoms with van der Waals surface area (Å²) in [5.41, 5.74) is 1.92. The quantitative estimate of drug-likeness (QED) is 0.653. The number of aryl methyl sites for hydroxylation is 1. The van der Waals surface area contributed by atoms with E-state index in [1.165, 1.54) is 0 Å². The average Bonchev–Trinajstić information content (AvgIpc) is 3.16. The molecule has 2 aromatic rings. The molecule has 0 saturated heterocycles. The molecule has 4 aliphatic carbocycles. The third-order valence-corrected chi connectivity index (χ3v) is 6.65. The van der Waals surface area contributed by atoms with Crippen LogP contribution in [0.4, 0.5) is 5.82 Å².